The molecule has 16 heavy (non-hydrogen) atoms. The number of fused-ring (bicyclic) bond motifs is 1. The molecule has 1 aromatic carbocycles. The highest BCUT2D eigenvalue weighted by Gasteiger charge is 2.06. The van der Waals surface area contributed by atoms with Crippen LogP contribution in [0.25, 0.3) is 16.7 Å². The van der Waals surface area contributed by atoms with Crippen molar-refractivity contribution in [3.63, 3.8) is 0 Å². The summed E-state index contributed by atoms with van der Waals surface area (Å²) in [6, 6.07) is 12.0. The lowest BCUT2D eigenvalue weighted by Crippen LogP contribution is -1.98. The molecule has 0 atom stereocenters. The van der Waals surface area contributed by atoms with E-state index in [0.29, 0.717) is 11.2 Å². The third-order valence-corrected chi connectivity index (χ3v) is 2.34. The number of aromatic nitrogens is 3. The maximum absolute atomic E-state index is 9.81. The van der Waals surface area contributed by atoms with E-state index in [-0.39, 0.29) is 5.75 Å². The van der Waals surface area contributed by atoms with E-state index in [0.717, 1.165) is 5.52 Å². The minimum Gasteiger partial charge on any atom is -0.506 e. The summed E-state index contributed by atoms with van der Waals surface area (Å²) in [4.78, 5) is 4.36. The highest BCUT2D eigenvalue weighted by atomic mass is 16.3. The van der Waals surface area contributed by atoms with Gasteiger partial charge in [0.1, 0.15) is 5.75 Å². The Morgan fingerprint density at radius 1 is 1.19 bits per heavy atom. The molecule has 0 bridgehead atoms. The Labute approximate surface area is 91.8 Å². The summed E-state index contributed by atoms with van der Waals surface area (Å²) in [5.74, 6) is 0.581. The highest BCUT2D eigenvalue weighted by molar-refractivity contribution is 5.85. The van der Waals surface area contributed by atoms with Crippen LogP contribution in [0.4, 0.5) is 0 Å². The van der Waals surface area contributed by atoms with Gasteiger partial charge < -0.3 is 5.11 Å². The van der Waals surface area contributed by atoms with Crippen molar-refractivity contribution >= 4 is 10.9 Å². The second kappa shape index (κ2) is 3.34. The summed E-state index contributed by atoms with van der Waals surface area (Å²) in [6.07, 6.45) is 3.41. The first kappa shape index (κ1) is 8.91. The number of aromatic hydroxyl groups is 1. The van der Waals surface area contributed by atoms with Gasteiger partial charge in [0.2, 0.25) is 0 Å². The third-order valence-electron chi connectivity index (χ3n) is 2.34. The summed E-state index contributed by atoms with van der Waals surface area (Å²) in [5, 5.41) is 14.6. The zero-order chi connectivity index (χ0) is 11.0. The number of nitrogens with zero attached hydrogens (tertiary/aromatic N) is 3. The molecule has 1 N–H and O–H groups in total. The van der Waals surface area contributed by atoms with Crippen LogP contribution in [0.15, 0.2) is 42.7 Å². The van der Waals surface area contributed by atoms with Gasteiger partial charge in [-0.15, -0.1) is 0 Å². The summed E-state index contributed by atoms with van der Waals surface area (Å²) in [5.41, 5.74) is 0.726. The van der Waals surface area contributed by atoms with Crippen molar-refractivity contribution in [3.8, 4) is 11.6 Å². The molecule has 2 heterocycles. The predicted molar refractivity (Wildman–Crippen MR) is 59.4 cm³/mol. The van der Waals surface area contributed by atoms with Crippen molar-refractivity contribution in [3.05, 3.63) is 48.8 Å². The van der Waals surface area contributed by atoms with E-state index in [2.05, 4.69) is 16.1 Å². The lowest BCUT2D eigenvalue weighted by atomic mass is 10.2. The highest BCUT2D eigenvalue weighted by Crippen LogP contribution is 2.24. The molecule has 0 spiro atoms. The molecule has 0 saturated heterocycles. The van der Waals surface area contributed by atoms with Crippen molar-refractivity contribution in [2.75, 3.05) is 0 Å². The molecule has 1 radical (unpaired) electrons. The Hall–Kier alpha value is -2.36. The molecule has 0 fully saturated rings. The summed E-state index contributed by atoms with van der Waals surface area (Å²) in [6.45, 7) is 0. The molecule has 0 saturated carbocycles. The van der Waals surface area contributed by atoms with E-state index in [1.807, 2.05) is 18.2 Å². The van der Waals surface area contributed by atoms with Crippen LogP contribution in [-0.4, -0.2) is 19.9 Å². The maximum atomic E-state index is 9.81. The van der Waals surface area contributed by atoms with Gasteiger partial charge >= 0.3 is 0 Å². The van der Waals surface area contributed by atoms with Crippen LogP contribution in [0.3, 0.4) is 0 Å². The normalized spacial score (nSPS) is 10.8. The fourth-order valence-corrected chi connectivity index (χ4v) is 1.59. The Morgan fingerprint density at radius 3 is 2.88 bits per heavy atom. The minimum absolute atomic E-state index is 0.0936. The van der Waals surface area contributed by atoms with Gasteiger partial charge in [-0.05, 0) is 18.2 Å². The van der Waals surface area contributed by atoms with E-state index in [9.17, 15) is 5.11 Å². The lowest BCUT2D eigenvalue weighted by Gasteiger charge is -2.04. The molecule has 0 amide bonds. The second-order valence-electron chi connectivity index (χ2n) is 3.38. The first-order valence-corrected chi connectivity index (χ1v) is 4.85. The van der Waals surface area contributed by atoms with Gasteiger partial charge in [0, 0.05) is 17.8 Å². The smallest absolute Gasteiger partial charge is 0.165 e. The number of hydrogen-bond donors (Lipinski definition) is 1. The van der Waals surface area contributed by atoms with Crippen LogP contribution >= 0.6 is 0 Å². The molecule has 4 nitrogen and oxygen atoms in total. The molecule has 4 heteroatoms. The van der Waals surface area contributed by atoms with Gasteiger partial charge in [0.25, 0.3) is 0 Å². The van der Waals surface area contributed by atoms with Gasteiger partial charge in [0.05, 0.1) is 11.6 Å². The largest absolute Gasteiger partial charge is 0.506 e. The Kier molecular flexibility index (Phi) is 1.86. The Morgan fingerprint density at radius 2 is 2.06 bits per heavy atom. The average molecular weight is 210 g/mol. The molecular formula is C12H8N3O. The van der Waals surface area contributed by atoms with Crippen LogP contribution in [-0.2, 0) is 0 Å². The van der Waals surface area contributed by atoms with Crippen LogP contribution in [0.1, 0.15) is 0 Å². The molecule has 0 aliphatic rings. The van der Waals surface area contributed by atoms with Crippen LogP contribution in [0.2, 0.25) is 0 Å². The summed E-state index contributed by atoms with van der Waals surface area (Å²) in [7, 11) is 0. The molecular weight excluding hydrogens is 202 g/mol. The van der Waals surface area contributed by atoms with E-state index < -0.39 is 0 Å². The summed E-state index contributed by atoms with van der Waals surface area (Å²) < 4.78 is 1.56. The van der Waals surface area contributed by atoms with E-state index in [4.69, 9.17) is 0 Å². The topological polar surface area (TPSA) is 50.9 Å². The molecule has 0 aliphatic heterocycles. The maximum Gasteiger partial charge on any atom is 0.165 e. The van der Waals surface area contributed by atoms with Crippen LogP contribution in [0.5, 0.6) is 5.75 Å². The predicted octanol–water partition coefficient (Wildman–Crippen LogP) is 1.93. The molecule has 0 unspecified atom stereocenters. The molecule has 3 rings (SSSR count). The van der Waals surface area contributed by atoms with Crippen molar-refractivity contribution in [2.24, 2.45) is 0 Å². The number of para-hydroxylation sites is 1. The van der Waals surface area contributed by atoms with Crippen molar-refractivity contribution < 1.29 is 5.11 Å². The number of hydrogen-bond acceptors (Lipinski definition) is 3. The molecule has 3 aromatic rings. The standard InChI is InChI=1S/C12H8N3O/c16-11-8-12(15-7-3-6-13-15)14-10-5-2-1-4-9(10)11/h1-7H,(H,14,16). The SMILES string of the molecule is Oc1[c]c(-n2cccn2)nc2ccccc12. The van der Waals surface area contributed by atoms with Crippen LogP contribution < -0.4 is 0 Å². The van der Waals surface area contributed by atoms with E-state index in [1.54, 1.807) is 29.2 Å². The monoisotopic (exact) mass is 210 g/mol. The molecule has 77 valence electrons. The zero-order valence-corrected chi connectivity index (χ0v) is 8.33. The quantitative estimate of drug-likeness (QED) is 0.667. The van der Waals surface area contributed by atoms with Gasteiger partial charge in [-0.1, -0.05) is 12.1 Å². The second-order valence-corrected chi connectivity index (χ2v) is 3.38. The Balaban J connectivity index is 2.29. The first-order chi connectivity index (χ1) is 7.84. The van der Waals surface area contributed by atoms with Gasteiger partial charge in [-0.25, -0.2) is 9.67 Å². The lowest BCUT2D eigenvalue weighted by molar-refractivity contribution is 0.479. The minimum atomic E-state index is 0.0936. The average Bonchev–Trinajstić information content (AvgIpc) is 2.82. The first-order valence-electron chi connectivity index (χ1n) is 4.85. The fourth-order valence-electron chi connectivity index (χ4n) is 1.59. The van der Waals surface area contributed by atoms with E-state index in [1.165, 1.54) is 0 Å². The van der Waals surface area contributed by atoms with Crippen molar-refractivity contribution in [1.29, 1.82) is 0 Å². The fraction of sp³-hybridized carbons (Fsp3) is 0. The Bertz CT molecular complexity index is 632. The zero-order valence-electron chi connectivity index (χ0n) is 8.33. The molecule has 0 aliphatic carbocycles. The molecule has 2 aromatic heterocycles. The number of rotatable bonds is 1. The third kappa shape index (κ3) is 1.32. The van der Waals surface area contributed by atoms with E-state index >= 15 is 0 Å². The van der Waals surface area contributed by atoms with Gasteiger partial charge in [-0.3, -0.25) is 0 Å². The van der Waals surface area contributed by atoms with Gasteiger partial charge in [0.15, 0.2) is 5.82 Å². The van der Waals surface area contributed by atoms with Crippen molar-refractivity contribution in [2.45, 2.75) is 0 Å². The van der Waals surface area contributed by atoms with Crippen molar-refractivity contribution in [1.82, 2.24) is 14.8 Å². The number of pyridine rings is 1. The van der Waals surface area contributed by atoms with Gasteiger partial charge in [-0.2, -0.15) is 5.10 Å². The van der Waals surface area contributed by atoms with Crippen LogP contribution in [0, 0.1) is 6.07 Å². The number of benzene rings is 1. The summed E-state index contributed by atoms with van der Waals surface area (Å²) >= 11 is 0.